The van der Waals surface area contributed by atoms with Crippen molar-refractivity contribution in [1.29, 1.82) is 0 Å². The highest BCUT2D eigenvalue weighted by Crippen LogP contribution is 2.23. The SMILES string of the molecule is Nc1ccccc1OCCCn1ccnc1-c1cccs1. The standard InChI is InChI=1S/C16H17N3OS/c17-13-5-1-2-6-14(13)20-11-4-9-19-10-8-18-16(19)15-7-3-12-21-15/h1-3,5-8,10,12H,4,9,11,17H2. The Balaban J connectivity index is 1.55. The quantitative estimate of drug-likeness (QED) is 0.558. The maximum atomic E-state index is 5.85. The minimum Gasteiger partial charge on any atom is -0.491 e. The van der Waals surface area contributed by atoms with E-state index in [0.29, 0.717) is 12.3 Å². The molecule has 0 amide bonds. The molecule has 108 valence electrons. The molecule has 0 radical (unpaired) electrons. The molecule has 0 aliphatic carbocycles. The Kier molecular flexibility index (Phi) is 4.21. The number of hydrogen-bond donors (Lipinski definition) is 1. The van der Waals surface area contributed by atoms with Crippen molar-refractivity contribution in [2.45, 2.75) is 13.0 Å². The Morgan fingerprint density at radius 3 is 2.90 bits per heavy atom. The molecule has 0 aliphatic rings. The van der Waals surface area contributed by atoms with Crippen LogP contribution in [0, 0.1) is 0 Å². The molecular weight excluding hydrogens is 282 g/mol. The summed E-state index contributed by atoms with van der Waals surface area (Å²) in [7, 11) is 0. The average Bonchev–Trinajstić information content (AvgIpc) is 3.16. The fourth-order valence-electron chi connectivity index (χ4n) is 2.15. The number of hydrogen-bond acceptors (Lipinski definition) is 4. The zero-order chi connectivity index (χ0) is 14.5. The molecule has 5 heteroatoms. The first-order valence-corrected chi connectivity index (χ1v) is 7.75. The van der Waals surface area contributed by atoms with Gasteiger partial charge < -0.3 is 15.0 Å². The van der Waals surface area contributed by atoms with Crippen molar-refractivity contribution in [2.24, 2.45) is 0 Å². The van der Waals surface area contributed by atoms with Gasteiger partial charge in [0.15, 0.2) is 0 Å². The van der Waals surface area contributed by atoms with E-state index in [4.69, 9.17) is 10.5 Å². The third kappa shape index (κ3) is 3.25. The van der Waals surface area contributed by atoms with E-state index in [1.165, 1.54) is 4.88 Å². The van der Waals surface area contributed by atoms with Gasteiger partial charge in [-0.25, -0.2) is 4.98 Å². The molecule has 2 aromatic heterocycles. The number of aryl methyl sites for hydroxylation is 1. The second-order valence-corrected chi connectivity index (χ2v) is 5.61. The van der Waals surface area contributed by atoms with Crippen LogP contribution in [0.5, 0.6) is 5.75 Å². The van der Waals surface area contributed by atoms with Crippen LogP contribution < -0.4 is 10.5 Å². The molecule has 21 heavy (non-hydrogen) atoms. The van der Waals surface area contributed by atoms with Crippen molar-refractivity contribution in [3.8, 4) is 16.5 Å². The van der Waals surface area contributed by atoms with E-state index in [-0.39, 0.29) is 0 Å². The van der Waals surface area contributed by atoms with Crippen molar-refractivity contribution in [1.82, 2.24) is 9.55 Å². The number of imidazole rings is 1. The summed E-state index contributed by atoms with van der Waals surface area (Å²) in [5, 5.41) is 2.07. The van der Waals surface area contributed by atoms with Crippen LogP contribution in [0.15, 0.2) is 54.2 Å². The topological polar surface area (TPSA) is 53.1 Å². The Hall–Kier alpha value is -2.27. The Bertz CT molecular complexity index is 691. The molecule has 2 N–H and O–H groups in total. The first-order valence-electron chi connectivity index (χ1n) is 6.87. The second kappa shape index (κ2) is 6.45. The van der Waals surface area contributed by atoms with E-state index in [0.717, 1.165) is 24.5 Å². The number of rotatable bonds is 6. The number of thiophene rings is 1. The van der Waals surface area contributed by atoms with Crippen molar-refractivity contribution in [2.75, 3.05) is 12.3 Å². The molecule has 0 spiro atoms. The summed E-state index contributed by atoms with van der Waals surface area (Å²) in [4.78, 5) is 5.61. The molecule has 3 rings (SSSR count). The number of aromatic nitrogens is 2. The molecule has 1 aromatic carbocycles. The predicted octanol–water partition coefficient (Wildman–Crippen LogP) is 3.66. The monoisotopic (exact) mass is 299 g/mol. The van der Waals surface area contributed by atoms with Gasteiger partial charge in [-0.15, -0.1) is 11.3 Å². The molecule has 0 atom stereocenters. The molecule has 0 aliphatic heterocycles. The zero-order valence-electron chi connectivity index (χ0n) is 11.6. The van der Waals surface area contributed by atoms with Crippen molar-refractivity contribution in [3.05, 3.63) is 54.2 Å². The van der Waals surface area contributed by atoms with Crippen LogP contribution in [0.1, 0.15) is 6.42 Å². The molecule has 2 heterocycles. The number of nitrogen functional groups attached to an aromatic ring is 1. The van der Waals surface area contributed by atoms with Crippen LogP contribution in [0.3, 0.4) is 0 Å². The number of para-hydroxylation sites is 2. The molecule has 3 aromatic rings. The second-order valence-electron chi connectivity index (χ2n) is 4.66. The molecule has 0 saturated heterocycles. The summed E-state index contributed by atoms with van der Waals surface area (Å²) in [6, 6.07) is 11.7. The molecular formula is C16H17N3OS. The largest absolute Gasteiger partial charge is 0.491 e. The van der Waals surface area contributed by atoms with E-state index in [1.807, 2.05) is 42.7 Å². The molecule has 0 fully saturated rings. The zero-order valence-corrected chi connectivity index (χ0v) is 12.4. The number of nitrogens with zero attached hydrogens (tertiary/aromatic N) is 2. The Labute approximate surface area is 127 Å². The van der Waals surface area contributed by atoms with Gasteiger partial charge in [0.05, 0.1) is 17.2 Å². The summed E-state index contributed by atoms with van der Waals surface area (Å²) in [5.41, 5.74) is 6.53. The summed E-state index contributed by atoms with van der Waals surface area (Å²) in [6.45, 7) is 1.51. The fraction of sp³-hybridized carbons (Fsp3) is 0.188. The van der Waals surface area contributed by atoms with Crippen molar-refractivity contribution >= 4 is 17.0 Å². The van der Waals surface area contributed by atoms with Gasteiger partial charge in [0.2, 0.25) is 0 Å². The summed E-state index contributed by atoms with van der Waals surface area (Å²) in [5.74, 6) is 1.77. The third-order valence-corrected chi connectivity index (χ3v) is 4.04. The number of benzene rings is 1. The lowest BCUT2D eigenvalue weighted by Crippen LogP contribution is -2.06. The maximum Gasteiger partial charge on any atom is 0.149 e. The first kappa shape index (κ1) is 13.7. The van der Waals surface area contributed by atoms with Gasteiger partial charge in [0.1, 0.15) is 11.6 Å². The van der Waals surface area contributed by atoms with Crippen LogP contribution in [0.25, 0.3) is 10.7 Å². The lowest BCUT2D eigenvalue weighted by Gasteiger charge is -2.10. The van der Waals surface area contributed by atoms with Crippen LogP contribution in [0.2, 0.25) is 0 Å². The number of ether oxygens (including phenoxy) is 1. The van der Waals surface area contributed by atoms with Gasteiger partial charge in [-0.2, -0.15) is 0 Å². The molecule has 0 saturated carbocycles. The lowest BCUT2D eigenvalue weighted by molar-refractivity contribution is 0.303. The van der Waals surface area contributed by atoms with Gasteiger partial charge in [-0.1, -0.05) is 18.2 Å². The highest BCUT2D eigenvalue weighted by Gasteiger charge is 2.06. The van der Waals surface area contributed by atoms with Crippen molar-refractivity contribution < 1.29 is 4.74 Å². The van der Waals surface area contributed by atoms with E-state index >= 15 is 0 Å². The smallest absolute Gasteiger partial charge is 0.149 e. The molecule has 0 unspecified atom stereocenters. The minimum atomic E-state index is 0.635. The molecule has 0 bridgehead atoms. The Morgan fingerprint density at radius 2 is 2.10 bits per heavy atom. The number of anilines is 1. The van der Waals surface area contributed by atoms with Gasteiger partial charge in [-0.3, -0.25) is 0 Å². The minimum absolute atomic E-state index is 0.635. The van der Waals surface area contributed by atoms with Crippen LogP contribution in [-0.4, -0.2) is 16.2 Å². The van der Waals surface area contributed by atoms with Gasteiger partial charge in [-0.05, 0) is 30.0 Å². The fourth-order valence-corrected chi connectivity index (χ4v) is 2.89. The first-order chi connectivity index (χ1) is 10.3. The summed E-state index contributed by atoms with van der Waals surface area (Å²) < 4.78 is 7.87. The van der Waals surface area contributed by atoms with Crippen LogP contribution in [0.4, 0.5) is 5.69 Å². The normalized spacial score (nSPS) is 10.7. The van der Waals surface area contributed by atoms with Gasteiger partial charge in [0.25, 0.3) is 0 Å². The van der Waals surface area contributed by atoms with E-state index in [1.54, 1.807) is 11.3 Å². The molecule has 4 nitrogen and oxygen atoms in total. The third-order valence-electron chi connectivity index (χ3n) is 3.18. The highest BCUT2D eigenvalue weighted by atomic mass is 32.1. The van der Waals surface area contributed by atoms with E-state index in [2.05, 4.69) is 21.0 Å². The van der Waals surface area contributed by atoms with Crippen LogP contribution >= 0.6 is 11.3 Å². The Morgan fingerprint density at radius 1 is 1.19 bits per heavy atom. The maximum absolute atomic E-state index is 5.85. The van der Waals surface area contributed by atoms with Gasteiger partial charge in [0, 0.05) is 18.9 Å². The summed E-state index contributed by atoms with van der Waals surface area (Å²) >= 11 is 1.70. The van der Waals surface area contributed by atoms with Crippen molar-refractivity contribution in [3.63, 3.8) is 0 Å². The average molecular weight is 299 g/mol. The van der Waals surface area contributed by atoms with E-state index in [9.17, 15) is 0 Å². The lowest BCUT2D eigenvalue weighted by atomic mass is 10.3. The predicted molar refractivity (Wildman–Crippen MR) is 86.5 cm³/mol. The van der Waals surface area contributed by atoms with Crippen LogP contribution in [-0.2, 0) is 6.54 Å². The summed E-state index contributed by atoms with van der Waals surface area (Å²) in [6.07, 6.45) is 4.75. The highest BCUT2D eigenvalue weighted by molar-refractivity contribution is 7.13. The van der Waals surface area contributed by atoms with E-state index < -0.39 is 0 Å². The van der Waals surface area contributed by atoms with Gasteiger partial charge >= 0.3 is 0 Å². The number of nitrogens with two attached hydrogens (primary N) is 1.